The Labute approximate surface area is 101 Å². The largest absolute Gasteiger partial charge is 0.478 e. The van der Waals surface area contributed by atoms with E-state index < -0.39 is 5.97 Å². The summed E-state index contributed by atoms with van der Waals surface area (Å²) in [6, 6.07) is 12.7. The van der Waals surface area contributed by atoms with Gasteiger partial charge in [-0.15, -0.1) is 0 Å². The average molecular weight is 381 g/mol. The normalized spacial score (nSPS) is 9.43. The Kier molecular flexibility index (Phi) is 3.59. The molecular formula is C11H8BiO2. The average Bonchev–Trinajstić information content (AvgIpc) is 2.17. The minimum atomic E-state index is -0.878. The van der Waals surface area contributed by atoms with Crippen LogP contribution < -0.4 is 0 Å². The van der Waals surface area contributed by atoms with E-state index >= 15 is 0 Å². The number of rotatable bonds is 1. The summed E-state index contributed by atoms with van der Waals surface area (Å²) in [6.45, 7) is 0. The molecule has 0 bridgehead atoms. The molecule has 0 saturated carbocycles. The molecule has 0 amide bonds. The van der Waals surface area contributed by atoms with Crippen molar-refractivity contribution in [1.82, 2.24) is 0 Å². The van der Waals surface area contributed by atoms with Crippen LogP contribution >= 0.6 is 0 Å². The first kappa shape index (κ1) is 11.1. The minimum absolute atomic E-state index is 0. The van der Waals surface area contributed by atoms with Gasteiger partial charge in [-0.2, -0.15) is 0 Å². The Morgan fingerprint density at radius 2 is 1.64 bits per heavy atom. The van der Waals surface area contributed by atoms with Gasteiger partial charge in [0.15, 0.2) is 0 Å². The first-order chi connectivity index (χ1) is 6.29. The molecule has 0 fully saturated rings. The van der Waals surface area contributed by atoms with Gasteiger partial charge in [-0.3, -0.25) is 0 Å². The van der Waals surface area contributed by atoms with Crippen LogP contribution in [0.2, 0.25) is 0 Å². The van der Waals surface area contributed by atoms with Crippen LogP contribution in [0.5, 0.6) is 0 Å². The van der Waals surface area contributed by atoms with Crippen LogP contribution in [-0.2, 0) is 0 Å². The van der Waals surface area contributed by atoms with Gasteiger partial charge in [0.1, 0.15) is 0 Å². The standard InChI is InChI=1S/C11H8O2.Bi/c12-11(13)10-7-3-5-8-4-1-2-6-9(8)10;/h1-7H,(H,12,13);. The van der Waals surface area contributed by atoms with Gasteiger partial charge in [0.25, 0.3) is 0 Å². The SMILES string of the molecule is O=C(O)c1cccc2ccccc12.[Bi]. The Morgan fingerprint density at radius 1 is 1.00 bits per heavy atom. The second-order valence-electron chi connectivity index (χ2n) is 2.83. The van der Waals surface area contributed by atoms with E-state index in [0.29, 0.717) is 5.56 Å². The zero-order valence-electron chi connectivity index (χ0n) is 7.34. The maximum absolute atomic E-state index is 10.8. The molecule has 0 aromatic heterocycles. The van der Waals surface area contributed by atoms with E-state index in [1.807, 2.05) is 30.3 Å². The van der Waals surface area contributed by atoms with Crippen LogP contribution in [0.4, 0.5) is 0 Å². The summed E-state index contributed by atoms with van der Waals surface area (Å²) in [5.74, 6) is -0.878. The van der Waals surface area contributed by atoms with Gasteiger partial charge in [-0.25, -0.2) is 4.79 Å². The topological polar surface area (TPSA) is 37.3 Å². The monoisotopic (exact) mass is 381 g/mol. The molecular weight excluding hydrogens is 373 g/mol. The van der Waals surface area contributed by atoms with Crippen LogP contribution in [0.15, 0.2) is 42.5 Å². The number of carboxylic acids is 1. The third-order valence-electron chi connectivity index (χ3n) is 2.02. The van der Waals surface area contributed by atoms with E-state index in [9.17, 15) is 4.79 Å². The fourth-order valence-corrected chi connectivity index (χ4v) is 1.41. The van der Waals surface area contributed by atoms with Crippen LogP contribution in [0.3, 0.4) is 0 Å². The molecule has 2 aromatic rings. The van der Waals surface area contributed by atoms with Gasteiger partial charge in [0.05, 0.1) is 5.56 Å². The predicted octanol–water partition coefficient (Wildman–Crippen LogP) is 2.16. The summed E-state index contributed by atoms with van der Waals surface area (Å²) >= 11 is 0. The number of carboxylic acid groups (broad SMARTS) is 1. The van der Waals surface area contributed by atoms with E-state index in [4.69, 9.17) is 5.11 Å². The van der Waals surface area contributed by atoms with E-state index in [-0.39, 0.29) is 26.2 Å². The van der Waals surface area contributed by atoms with E-state index in [1.54, 1.807) is 12.1 Å². The van der Waals surface area contributed by atoms with Gasteiger partial charge in [-0.05, 0) is 16.8 Å². The molecule has 2 aromatic carbocycles. The molecule has 14 heavy (non-hydrogen) atoms. The zero-order valence-corrected chi connectivity index (χ0v) is 10.8. The van der Waals surface area contributed by atoms with Gasteiger partial charge < -0.3 is 5.11 Å². The van der Waals surface area contributed by atoms with Crippen molar-refractivity contribution in [3.05, 3.63) is 48.0 Å². The number of hydrogen-bond donors (Lipinski definition) is 1. The van der Waals surface area contributed by atoms with Crippen molar-refractivity contribution in [1.29, 1.82) is 0 Å². The summed E-state index contributed by atoms with van der Waals surface area (Å²) in [4.78, 5) is 10.8. The minimum Gasteiger partial charge on any atom is -0.478 e. The Hall–Kier alpha value is -0.947. The van der Waals surface area contributed by atoms with Crippen molar-refractivity contribution in [2.45, 2.75) is 0 Å². The van der Waals surface area contributed by atoms with Gasteiger partial charge in [0.2, 0.25) is 0 Å². The van der Waals surface area contributed by atoms with Crippen molar-refractivity contribution in [3.63, 3.8) is 0 Å². The molecule has 2 rings (SSSR count). The zero-order chi connectivity index (χ0) is 9.26. The molecule has 0 heterocycles. The Balaban J connectivity index is 0.000000980. The number of benzene rings is 2. The molecule has 2 nitrogen and oxygen atoms in total. The van der Waals surface area contributed by atoms with Gasteiger partial charge in [0, 0.05) is 26.2 Å². The quantitative estimate of drug-likeness (QED) is 0.769. The molecule has 0 atom stereocenters. The molecule has 3 heteroatoms. The Morgan fingerprint density at radius 3 is 2.36 bits per heavy atom. The van der Waals surface area contributed by atoms with E-state index in [1.165, 1.54) is 0 Å². The number of hydrogen-bond acceptors (Lipinski definition) is 1. The smallest absolute Gasteiger partial charge is 0.336 e. The number of fused-ring (bicyclic) bond motifs is 1. The van der Waals surface area contributed by atoms with Crippen LogP contribution in [0.1, 0.15) is 10.4 Å². The van der Waals surface area contributed by atoms with Gasteiger partial charge >= 0.3 is 5.97 Å². The molecule has 0 unspecified atom stereocenters. The summed E-state index contributed by atoms with van der Waals surface area (Å²) in [5.41, 5.74) is 0.359. The summed E-state index contributed by atoms with van der Waals surface area (Å²) in [5, 5.41) is 10.6. The molecule has 0 aliphatic carbocycles. The molecule has 0 aliphatic rings. The Bertz CT molecular complexity index is 460. The molecule has 0 saturated heterocycles. The van der Waals surface area contributed by atoms with Crippen molar-refractivity contribution >= 4 is 42.9 Å². The third kappa shape index (κ3) is 1.93. The summed E-state index contributed by atoms with van der Waals surface area (Å²) in [7, 11) is 0. The number of aromatic carboxylic acids is 1. The molecule has 0 aliphatic heterocycles. The molecule has 69 valence electrons. The first-order valence-corrected chi connectivity index (χ1v) is 4.00. The predicted molar refractivity (Wildman–Crippen MR) is 56.7 cm³/mol. The summed E-state index contributed by atoms with van der Waals surface area (Å²) in [6.07, 6.45) is 0. The van der Waals surface area contributed by atoms with E-state index in [0.717, 1.165) is 10.8 Å². The second kappa shape index (κ2) is 4.52. The fraction of sp³-hybridized carbons (Fsp3) is 0. The van der Waals surface area contributed by atoms with Crippen molar-refractivity contribution in [2.24, 2.45) is 0 Å². The second-order valence-corrected chi connectivity index (χ2v) is 2.83. The van der Waals surface area contributed by atoms with Crippen LogP contribution in [0.25, 0.3) is 10.8 Å². The molecule has 3 radical (unpaired) electrons. The van der Waals surface area contributed by atoms with Crippen molar-refractivity contribution in [2.75, 3.05) is 0 Å². The number of carbonyl (C=O) groups is 1. The first-order valence-electron chi connectivity index (χ1n) is 4.00. The molecule has 0 spiro atoms. The van der Waals surface area contributed by atoms with Crippen LogP contribution in [0, 0.1) is 0 Å². The molecule has 1 N–H and O–H groups in total. The maximum atomic E-state index is 10.8. The van der Waals surface area contributed by atoms with Crippen LogP contribution in [-0.4, -0.2) is 37.3 Å². The third-order valence-corrected chi connectivity index (χ3v) is 2.02. The maximum Gasteiger partial charge on any atom is 0.336 e. The van der Waals surface area contributed by atoms with Gasteiger partial charge in [-0.1, -0.05) is 36.4 Å². The van der Waals surface area contributed by atoms with E-state index in [2.05, 4.69) is 0 Å². The van der Waals surface area contributed by atoms with Crippen molar-refractivity contribution in [3.8, 4) is 0 Å². The summed E-state index contributed by atoms with van der Waals surface area (Å²) < 4.78 is 0. The van der Waals surface area contributed by atoms with Crippen molar-refractivity contribution < 1.29 is 9.90 Å². The fourth-order valence-electron chi connectivity index (χ4n) is 1.41.